The maximum Gasteiger partial charge on any atom is 0.243 e. The molecule has 3 aromatic rings. The Morgan fingerprint density at radius 2 is 2.03 bits per heavy atom. The minimum absolute atomic E-state index is 0.0470. The highest BCUT2D eigenvalue weighted by atomic mass is 19.1. The van der Waals surface area contributed by atoms with E-state index in [1.165, 1.54) is 18.5 Å². The first-order valence-corrected chi connectivity index (χ1v) is 11.0. The molecule has 0 saturated heterocycles. The third-order valence-corrected chi connectivity index (χ3v) is 6.24. The van der Waals surface area contributed by atoms with Gasteiger partial charge < -0.3 is 20.1 Å². The lowest BCUT2D eigenvalue weighted by atomic mass is 9.89. The first-order valence-electron chi connectivity index (χ1n) is 11.0. The zero-order chi connectivity index (χ0) is 23.8. The van der Waals surface area contributed by atoms with E-state index < -0.39 is 5.82 Å². The molecule has 1 fully saturated rings. The second-order valence-corrected chi connectivity index (χ2v) is 8.36. The minimum atomic E-state index is -0.501. The number of halogens is 1. The average molecular weight is 462 g/mol. The van der Waals surface area contributed by atoms with Crippen molar-refractivity contribution in [3.8, 4) is 11.5 Å². The Kier molecular flexibility index (Phi) is 5.61. The summed E-state index contributed by atoms with van der Waals surface area (Å²) in [7, 11) is 1.56. The number of anilines is 2. The summed E-state index contributed by atoms with van der Waals surface area (Å²) in [4.78, 5) is 32.3. The quantitative estimate of drug-likeness (QED) is 0.514. The molecular formula is C25H23FN4O4. The second kappa shape index (κ2) is 8.74. The van der Waals surface area contributed by atoms with Gasteiger partial charge in [-0.1, -0.05) is 6.58 Å². The summed E-state index contributed by atoms with van der Waals surface area (Å²) in [5.74, 6) is 0.685. The number of rotatable bonds is 7. The van der Waals surface area contributed by atoms with E-state index in [0.29, 0.717) is 65.2 Å². The van der Waals surface area contributed by atoms with E-state index in [9.17, 15) is 14.0 Å². The van der Waals surface area contributed by atoms with Crippen LogP contribution in [0.25, 0.3) is 10.9 Å². The fourth-order valence-corrected chi connectivity index (χ4v) is 4.42. The molecule has 174 valence electrons. The number of hydrogen-bond donors (Lipinski definition) is 2. The Hall–Kier alpha value is -4.01. The number of Topliss-reactive ketones (excluding diaryl/α,β-unsaturated/α-hetero) is 1. The maximum atomic E-state index is 14.2. The van der Waals surface area contributed by atoms with Crippen LogP contribution in [0.3, 0.4) is 0 Å². The molecule has 0 atom stereocenters. The third kappa shape index (κ3) is 3.93. The summed E-state index contributed by atoms with van der Waals surface area (Å²) in [5, 5.41) is 6.80. The summed E-state index contributed by atoms with van der Waals surface area (Å²) < 4.78 is 25.9. The number of carbonyl (C=O) groups excluding carboxylic acids is 2. The van der Waals surface area contributed by atoms with Gasteiger partial charge in [0.25, 0.3) is 0 Å². The molecule has 2 aliphatic rings. The number of amides is 1. The molecule has 34 heavy (non-hydrogen) atoms. The molecule has 2 aliphatic carbocycles. The molecule has 5 rings (SSSR count). The van der Waals surface area contributed by atoms with Gasteiger partial charge >= 0.3 is 0 Å². The fraction of sp³-hybridized carbons (Fsp3) is 0.280. The first-order chi connectivity index (χ1) is 16.5. The lowest BCUT2D eigenvalue weighted by Crippen LogP contribution is -2.48. The molecule has 1 saturated carbocycles. The van der Waals surface area contributed by atoms with Crippen molar-refractivity contribution < 1.29 is 23.5 Å². The molecule has 0 spiro atoms. The minimum Gasteiger partial charge on any atom is -0.493 e. The van der Waals surface area contributed by atoms with Crippen molar-refractivity contribution in [1.82, 2.24) is 15.3 Å². The summed E-state index contributed by atoms with van der Waals surface area (Å²) >= 11 is 0. The number of nitrogens with one attached hydrogen (secondary N) is 2. The van der Waals surface area contributed by atoms with Gasteiger partial charge in [-0.2, -0.15) is 0 Å². The smallest absolute Gasteiger partial charge is 0.243 e. The van der Waals surface area contributed by atoms with Crippen LogP contribution in [-0.4, -0.2) is 40.9 Å². The van der Waals surface area contributed by atoms with E-state index in [0.717, 1.165) is 0 Å². The third-order valence-electron chi connectivity index (χ3n) is 6.24. The molecule has 1 amide bonds. The molecule has 1 heterocycles. The predicted molar refractivity (Wildman–Crippen MR) is 124 cm³/mol. The van der Waals surface area contributed by atoms with Gasteiger partial charge in [-0.05, 0) is 36.3 Å². The molecule has 8 nitrogen and oxygen atoms in total. The highest BCUT2D eigenvalue weighted by Crippen LogP contribution is 2.39. The molecule has 2 N–H and O–H groups in total. The number of methoxy groups -OCH3 is 1. The fourth-order valence-electron chi connectivity index (χ4n) is 4.42. The number of hydrogen-bond acceptors (Lipinski definition) is 7. The standard InChI is InChI=1S/C25H23FN4O4/c1-3-23(32)29-13-8-14(9-13)34-22-10-16-19(11-21(22)33-2)27-12-28-25(16)30-18-6-5-17(26)24-15(18)4-7-20(24)31/h3,5-6,10-14H,1,4,7-9H2,2H3,(H,29,32)(H,27,28,30). The average Bonchev–Trinajstić information content (AvgIpc) is 3.21. The zero-order valence-electron chi connectivity index (χ0n) is 18.6. The van der Waals surface area contributed by atoms with Crippen molar-refractivity contribution in [2.24, 2.45) is 0 Å². The van der Waals surface area contributed by atoms with Crippen LogP contribution in [0.5, 0.6) is 11.5 Å². The Balaban J connectivity index is 1.43. The molecule has 0 unspecified atom stereocenters. The van der Waals surface area contributed by atoms with Crippen LogP contribution in [-0.2, 0) is 11.2 Å². The van der Waals surface area contributed by atoms with Crippen molar-refractivity contribution in [1.29, 1.82) is 0 Å². The molecular weight excluding hydrogens is 439 g/mol. The number of carbonyl (C=O) groups is 2. The highest BCUT2D eigenvalue weighted by molar-refractivity contribution is 6.03. The van der Waals surface area contributed by atoms with Gasteiger partial charge in [-0.3, -0.25) is 9.59 Å². The highest BCUT2D eigenvalue weighted by Gasteiger charge is 2.32. The van der Waals surface area contributed by atoms with E-state index in [-0.39, 0.29) is 29.4 Å². The van der Waals surface area contributed by atoms with Gasteiger partial charge in [0, 0.05) is 42.4 Å². The van der Waals surface area contributed by atoms with Crippen LogP contribution in [0.1, 0.15) is 35.2 Å². The summed E-state index contributed by atoms with van der Waals surface area (Å²) in [6.45, 7) is 3.46. The Labute approximate surface area is 195 Å². The number of ketones is 1. The van der Waals surface area contributed by atoms with E-state index in [1.54, 1.807) is 25.3 Å². The Bertz CT molecular complexity index is 1320. The molecule has 0 aliphatic heterocycles. The monoisotopic (exact) mass is 462 g/mol. The van der Waals surface area contributed by atoms with Crippen molar-refractivity contribution in [2.75, 3.05) is 12.4 Å². The number of fused-ring (bicyclic) bond motifs is 2. The molecule has 9 heteroatoms. The maximum absolute atomic E-state index is 14.2. The number of aromatic nitrogens is 2. The van der Waals surface area contributed by atoms with Crippen LogP contribution in [0.4, 0.5) is 15.9 Å². The number of nitrogens with zero attached hydrogens (tertiary/aromatic N) is 2. The van der Waals surface area contributed by atoms with Gasteiger partial charge in [0.05, 0.1) is 18.2 Å². The molecule has 2 aromatic carbocycles. The SMILES string of the molecule is C=CC(=O)NC1CC(Oc2cc3c(Nc4ccc(F)c5c4CCC5=O)ncnc3cc2OC)C1. The second-order valence-electron chi connectivity index (χ2n) is 8.36. The van der Waals surface area contributed by atoms with Crippen molar-refractivity contribution in [3.05, 3.63) is 60.2 Å². The van der Waals surface area contributed by atoms with E-state index in [4.69, 9.17) is 9.47 Å². The number of benzene rings is 2. The zero-order valence-corrected chi connectivity index (χ0v) is 18.6. The normalized spacial score (nSPS) is 18.7. The van der Waals surface area contributed by atoms with Crippen LogP contribution >= 0.6 is 0 Å². The van der Waals surface area contributed by atoms with E-state index in [2.05, 4.69) is 27.2 Å². The van der Waals surface area contributed by atoms with Crippen LogP contribution in [0, 0.1) is 5.82 Å². The molecule has 0 bridgehead atoms. The summed E-state index contributed by atoms with van der Waals surface area (Å²) in [6, 6.07) is 6.54. The van der Waals surface area contributed by atoms with Gasteiger partial charge in [0.15, 0.2) is 17.3 Å². The number of ether oxygens (including phenoxy) is 2. The predicted octanol–water partition coefficient (Wildman–Crippen LogP) is 3.86. The summed E-state index contributed by atoms with van der Waals surface area (Å²) in [6.07, 6.45) is 4.72. The lowest BCUT2D eigenvalue weighted by molar-refractivity contribution is -0.118. The topological polar surface area (TPSA) is 102 Å². The van der Waals surface area contributed by atoms with Crippen molar-refractivity contribution in [3.63, 3.8) is 0 Å². The van der Waals surface area contributed by atoms with E-state index in [1.807, 2.05) is 0 Å². The largest absolute Gasteiger partial charge is 0.493 e. The van der Waals surface area contributed by atoms with Crippen LogP contribution in [0.2, 0.25) is 0 Å². The van der Waals surface area contributed by atoms with Crippen molar-refractivity contribution >= 4 is 34.1 Å². The van der Waals surface area contributed by atoms with Crippen molar-refractivity contribution in [2.45, 2.75) is 37.8 Å². The van der Waals surface area contributed by atoms with Gasteiger partial charge in [0.1, 0.15) is 24.1 Å². The molecule has 1 aromatic heterocycles. The van der Waals surface area contributed by atoms with Crippen LogP contribution < -0.4 is 20.1 Å². The Morgan fingerprint density at radius 3 is 2.79 bits per heavy atom. The van der Waals surface area contributed by atoms with Crippen LogP contribution in [0.15, 0.2) is 43.2 Å². The van der Waals surface area contributed by atoms with Gasteiger partial charge in [-0.15, -0.1) is 0 Å². The Morgan fingerprint density at radius 1 is 1.21 bits per heavy atom. The first kappa shape index (κ1) is 21.8. The van der Waals surface area contributed by atoms with Gasteiger partial charge in [-0.25, -0.2) is 14.4 Å². The lowest BCUT2D eigenvalue weighted by Gasteiger charge is -2.35. The van der Waals surface area contributed by atoms with Gasteiger partial charge in [0.2, 0.25) is 5.91 Å². The summed E-state index contributed by atoms with van der Waals surface area (Å²) in [5.41, 5.74) is 2.09. The molecule has 0 radical (unpaired) electrons. The van der Waals surface area contributed by atoms with E-state index >= 15 is 0 Å².